The van der Waals surface area contributed by atoms with Gasteiger partial charge in [-0.1, -0.05) is 74.5 Å². The van der Waals surface area contributed by atoms with E-state index in [4.69, 9.17) is 4.74 Å². The summed E-state index contributed by atoms with van der Waals surface area (Å²) < 4.78 is 5.85. The largest absolute Gasteiger partial charge is 0.492 e. The Kier molecular flexibility index (Phi) is 7.74. The van der Waals surface area contributed by atoms with Crippen LogP contribution in [0.4, 0.5) is 0 Å². The summed E-state index contributed by atoms with van der Waals surface area (Å²) >= 11 is 0. The molecular weight excluding hydrogens is 450 g/mol. The van der Waals surface area contributed by atoms with E-state index in [0.29, 0.717) is 19.6 Å². The Hall–Kier alpha value is -4.06. The lowest BCUT2D eigenvalue weighted by Gasteiger charge is -2.26. The molecule has 4 aromatic rings. The van der Waals surface area contributed by atoms with Gasteiger partial charge in [0.25, 0.3) is 0 Å². The number of H-pyrrole nitrogens is 1. The summed E-state index contributed by atoms with van der Waals surface area (Å²) in [6, 6.07) is 25.7. The number of aromatic nitrogens is 1. The maximum atomic E-state index is 12.9. The van der Waals surface area contributed by atoms with Gasteiger partial charge in [-0.3, -0.25) is 9.59 Å². The highest BCUT2D eigenvalue weighted by atomic mass is 16.5. The fraction of sp³-hybridized carbons (Fsp3) is 0.267. The minimum atomic E-state index is -0.666. The molecule has 0 saturated heterocycles. The van der Waals surface area contributed by atoms with E-state index in [0.717, 1.165) is 22.2 Å². The Morgan fingerprint density at radius 1 is 0.917 bits per heavy atom. The number of para-hydroxylation sites is 1. The second-order valence-electron chi connectivity index (χ2n) is 9.47. The highest BCUT2D eigenvalue weighted by Crippen LogP contribution is 2.32. The molecule has 1 aromatic heterocycles. The molecule has 0 bridgehead atoms. The number of fused-ring (bicyclic) bond motifs is 1. The minimum absolute atomic E-state index is 0.114. The van der Waals surface area contributed by atoms with Gasteiger partial charge in [-0.2, -0.15) is 0 Å². The quantitative estimate of drug-likeness (QED) is 0.285. The van der Waals surface area contributed by atoms with E-state index in [1.807, 2.05) is 48.7 Å². The molecule has 0 fully saturated rings. The summed E-state index contributed by atoms with van der Waals surface area (Å²) in [6.07, 6.45) is 2.29. The lowest BCUT2D eigenvalue weighted by Crippen LogP contribution is -2.48. The highest BCUT2D eigenvalue weighted by molar-refractivity contribution is 5.89. The molecular formula is C30H33N3O3. The van der Waals surface area contributed by atoms with Crippen molar-refractivity contribution in [1.29, 1.82) is 0 Å². The second-order valence-corrected chi connectivity index (χ2v) is 9.47. The highest BCUT2D eigenvalue weighted by Gasteiger charge is 2.23. The predicted octanol–water partition coefficient (Wildman–Crippen LogP) is 4.74. The molecule has 1 atom stereocenters. The molecule has 0 unspecified atom stereocenters. The Bertz CT molecular complexity index is 1310. The predicted molar refractivity (Wildman–Crippen MR) is 143 cm³/mol. The van der Waals surface area contributed by atoms with Crippen molar-refractivity contribution >= 4 is 22.7 Å². The Morgan fingerprint density at radius 3 is 2.31 bits per heavy atom. The number of ether oxygens (including phenoxy) is 1. The van der Waals surface area contributed by atoms with E-state index in [2.05, 4.69) is 65.9 Å². The maximum absolute atomic E-state index is 12.9. The van der Waals surface area contributed by atoms with Crippen molar-refractivity contribution in [3.05, 3.63) is 102 Å². The molecule has 0 aliphatic rings. The van der Waals surface area contributed by atoms with Crippen molar-refractivity contribution in [2.75, 3.05) is 13.2 Å². The van der Waals surface area contributed by atoms with Gasteiger partial charge in [0.05, 0.1) is 6.54 Å². The van der Waals surface area contributed by atoms with Crippen LogP contribution in [0.15, 0.2) is 85.1 Å². The molecule has 3 aromatic carbocycles. The molecule has 2 amide bonds. The molecule has 3 N–H and O–H groups in total. The molecule has 36 heavy (non-hydrogen) atoms. The summed E-state index contributed by atoms with van der Waals surface area (Å²) in [6.45, 7) is 6.49. The van der Waals surface area contributed by atoms with Crippen LogP contribution in [0.2, 0.25) is 0 Å². The molecule has 0 saturated carbocycles. The van der Waals surface area contributed by atoms with Crippen LogP contribution in [0, 0.1) is 0 Å². The van der Waals surface area contributed by atoms with Gasteiger partial charge >= 0.3 is 0 Å². The zero-order valence-corrected chi connectivity index (χ0v) is 21.0. The first-order chi connectivity index (χ1) is 17.3. The summed E-state index contributed by atoms with van der Waals surface area (Å²) in [5.41, 5.74) is 4.32. The third kappa shape index (κ3) is 5.95. The van der Waals surface area contributed by atoms with Crippen LogP contribution in [0.25, 0.3) is 10.9 Å². The molecule has 4 rings (SSSR count). The molecule has 0 spiro atoms. The Balaban J connectivity index is 1.30. The maximum Gasteiger partial charge on any atom is 0.243 e. The third-order valence-corrected chi connectivity index (χ3v) is 6.53. The van der Waals surface area contributed by atoms with Gasteiger partial charge in [0.15, 0.2) is 0 Å². The van der Waals surface area contributed by atoms with E-state index < -0.39 is 6.04 Å². The monoisotopic (exact) mass is 483 g/mol. The first-order valence-corrected chi connectivity index (χ1v) is 12.2. The average molecular weight is 484 g/mol. The normalized spacial score (nSPS) is 12.2. The summed E-state index contributed by atoms with van der Waals surface area (Å²) in [7, 11) is 0. The number of carbonyl (C=O) groups is 2. The number of hydrogen-bond donors (Lipinski definition) is 3. The van der Waals surface area contributed by atoms with Gasteiger partial charge < -0.3 is 20.4 Å². The SMILES string of the molecule is CC(=O)N[C@@H](Cc1c[nH]c2ccccc12)C(=O)NCCOc1ccc(C(C)(C)c2ccccc2)cc1. The van der Waals surface area contributed by atoms with Gasteiger partial charge in [0.1, 0.15) is 18.4 Å². The molecule has 0 radical (unpaired) electrons. The van der Waals surface area contributed by atoms with E-state index in [1.54, 1.807) is 0 Å². The van der Waals surface area contributed by atoms with Crippen LogP contribution in [-0.2, 0) is 21.4 Å². The topological polar surface area (TPSA) is 83.2 Å². The molecule has 0 aliphatic heterocycles. The van der Waals surface area contributed by atoms with Gasteiger partial charge in [0, 0.05) is 35.9 Å². The van der Waals surface area contributed by atoms with Gasteiger partial charge in [-0.25, -0.2) is 0 Å². The standard InChI is InChI=1S/C30H33N3O3/c1-21(34)33-28(19-22-20-32-27-12-8-7-11-26(22)27)29(35)31-17-18-36-25-15-13-24(14-16-25)30(2,3)23-9-5-4-6-10-23/h4-16,20,28,32H,17-19H2,1-3H3,(H,31,35)(H,33,34)/t28-/m0/s1. The van der Waals surface area contributed by atoms with Crippen LogP contribution in [0.5, 0.6) is 5.75 Å². The second kappa shape index (κ2) is 11.1. The van der Waals surface area contributed by atoms with Gasteiger partial charge in [-0.05, 0) is 34.9 Å². The van der Waals surface area contributed by atoms with Crippen molar-refractivity contribution in [3.63, 3.8) is 0 Å². The van der Waals surface area contributed by atoms with Crippen LogP contribution >= 0.6 is 0 Å². The van der Waals surface area contributed by atoms with Gasteiger partial charge in [0.2, 0.25) is 11.8 Å². The number of carbonyl (C=O) groups excluding carboxylic acids is 2. The van der Waals surface area contributed by atoms with Crippen molar-refractivity contribution in [1.82, 2.24) is 15.6 Å². The lowest BCUT2D eigenvalue weighted by atomic mass is 9.78. The third-order valence-electron chi connectivity index (χ3n) is 6.53. The number of amides is 2. The zero-order valence-electron chi connectivity index (χ0n) is 21.0. The van der Waals surface area contributed by atoms with Crippen LogP contribution in [0.1, 0.15) is 37.5 Å². The van der Waals surface area contributed by atoms with Crippen molar-refractivity contribution in [3.8, 4) is 5.75 Å². The molecule has 6 heteroatoms. The molecule has 1 heterocycles. The Labute approximate surface area is 212 Å². The minimum Gasteiger partial charge on any atom is -0.492 e. The summed E-state index contributed by atoms with van der Waals surface area (Å²) in [5.74, 6) is 0.262. The fourth-order valence-electron chi connectivity index (χ4n) is 4.43. The average Bonchev–Trinajstić information content (AvgIpc) is 3.29. The fourth-order valence-corrected chi connectivity index (χ4v) is 4.43. The number of aromatic amines is 1. The van der Waals surface area contributed by atoms with Crippen LogP contribution in [-0.4, -0.2) is 36.0 Å². The zero-order chi connectivity index (χ0) is 25.5. The van der Waals surface area contributed by atoms with Crippen molar-refractivity contribution in [2.24, 2.45) is 0 Å². The number of nitrogens with one attached hydrogen (secondary N) is 3. The van der Waals surface area contributed by atoms with Crippen LogP contribution < -0.4 is 15.4 Å². The molecule has 186 valence electrons. The van der Waals surface area contributed by atoms with E-state index >= 15 is 0 Å². The van der Waals surface area contributed by atoms with E-state index in [-0.39, 0.29) is 17.2 Å². The van der Waals surface area contributed by atoms with Crippen molar-refractivity contribution in [2.45, 2.75) is 38.6 Å². The lowest BCUT2D eigenvalue weighted by molar-refractivity contribution is -0.128. The summed E-state index contributed by atoms with van der Waals surface area (Å²) in [5, 5.41) is 6.70. The number of benzene rings is 3. The molecule has 0 aliphatic carbocycles. The first-order valence-electron chi connectivity index (χ1n) is 12.2. The van der Waals surface area contributed by atoms with Gasteiger partial charge in [-0.15, -0.1) is 0 Å². The molecule has 6 nitrogen and oxygen atoms in total. The van der Waals surface area contributed by atoms with Crippen molar-refractivity contribution < 1.29 is 14.3 Å². The summed E-state index contributed by atoms with van der Waals surface area (Å²) in [4.78, 5) is 27.8. The smallest absolute Gasteiger partial charge is 0.243 e. The van der Waals surface area contributed by atoms with Crippen LogP contribution in [0.3, 0.4) is 0 Å². The number of rotatable bonds is 10. The van der Waals surface area contributed by atoms with E-state index in [1.165, 1.54) is 18.1 Å². The Morgan fingerprint density at radius 2 is 1.58 bits per heavy atom. The first kappa shape index (κ1) is 25.0. The number of hydrogen-bond acceptors (Lipinski definition) is 3. The van der Waals surface area contributed by atoms with E-state index in [9.17, 15) is 9.59 Å².